The van der Waals surface area contributed by atoms with E-state index in [4.69, 9.17) is 25.9 Å². The lowest BCUT2D eigenvalue weighted by Gasteiger charge is -2.23. The molecule has 0 spiro atoms. The second-order valence-electron chi connectivity index (χ2n) is 5.51. The minimum Gasteiger partial charge on any atom is -0.452 e. The Morgan fingerprint density at radius 3 is 2.52 bits per heavy atom. The predicted octanol–water partition coefficient (Wildman–Crippen LogP) is 5.22. The lowest BCUT2D eigenvalue weighted by Crippen LogP contribution is -2.33. The third kappa shape index (κ3) is 5.69. The van der Waals surface area contributed by atoms with Crippen molar-refractivity contribution in [3.05, 3.63) is 63.1 Å². The Kier molecular flexibility index (Phi) is 8.09. The topological polar surface area (TPSA) is 60.4 Å². The van der Waals surface area contributed by atoms with E-state index in [2.05, 4.69) is 21.1 Å². The van der Waals surface area contributed by atoms with Gasteiger partial charge in [-0.1, -0.05) is 50.9 Å². The number of hydrogen-bond acceptors (Lipinski definition) is 5. The molecule has 0 unspecified atom stereocenters. The Balaban J connectivity index is 2.21. The Morgan fingerprint density at radius 1 is 1.19 bits per heavy atom. The average molecular weight is 456 g/mol. The van der Waals surface area contributed by atoms with E-state index in [0.717, 1.165) is 15.7 Å². The van der Waals surface area contributed by atoms with Gasteiger partial charge in [0.1, 0.15) is 13.3 Å². The summed E-state index contributed by atoms with van der Waals surface area (Å²) in [6.07, 6.45) is -0.560. The maximum absolute atomic E-state index is 12.1. The summed E-state index contributed by atoms with van der Waals surface area (Å²) in [5, 5.41) is 4.60. The molecule has 0 fully saturated rings. The highest BCUT2D eigenvalue weighted by atomic mass is 79.9. The van der Waals surface area contributed by atoms with Crippen LogP contribution in [-0.2, 0) is 20.9 Å². The Bertz CT molecular complexity index is 812. The van der Waals surface area contributed by atoms with Crippen LogP contribution in [0.15, 0.2) is 52.1 Å². The molecule has 0 radical (unpaired) electrons. The van der Waals surface area contributed by atoms with Gasteiger partial charge in [-0.15, -0.1) is 0 Å². The number of hydrogen-bond donors (Lipinski definition) is 0. The summed E-state index contributed by atoms with van der Waals surface area (Å²) in [5.41, 5.74) is 2.80. The van der Waals surface area contributed by atoms with Crippen molar-refractivity contribution in [2.24, 2.45) is 5.16 Å². The fourth-order valence-corrected chi connectivity index (χ4v) is 2.83. The van der Waals surface area contributed by atoms with Gasteiger partial charge in [0.25, 0.3) is 0 Å². The summed E-state index contributed by atoms with van der Waals surface area (Å²) >= 11 is 9.72. The van der Waals surface area contributed by atoms with Crippen molar-refractivity contribution in [1.29, 1.82) is 0 Å². The third-order valence-electron chi connectivity index (χ3n) is 3.71. The van der Waals surface area contributed by atoms with Crippen molar-refractivity contribution in [3.8, 4) is 0 Å². The molecule has 6 nitrogen and oxygen atoms in total. The molecule has 0 aliphatic rings. The van der Waals surface area contributed by atoms with E-state index < -0.39 is 6.09 Å². The van der Waals surface area contributed by atoms with E-state index in [1.165, 1.54) is 19.1 Å². The molecule has 0 aliphatic heterocycles. The third-order valence-corrected chi connectivity index (χ3v) is 4.59. The first-order valence-corrected chi connectivity index (χ1v) is 9.19. The number of ether oxygens (including phenoxy) is 2. The van der Waals surface area contributed by atoms with Gasteiger partial charge in [-0.2, -0.15) is 0 Å². The lowest BCUT2D eigenvalue weighted by molar-refractivity contribution is 0.129. The first-order chi connectivity index (χ1) is 13.0. The smallest absolute Gasteiger partial charge is 0.415 e. The van der Waals surface area contributed by atoms with Crippen molar-refractivity contribution in [2.75, 3.05) is 25.9 Å². The minimum absolute atomic E-state index is 0.0151. The van der Waals surface area contributed by atoms with Gasteiger partial charge in [0.15, 0.2) is 0 Å². The summed E-state index contributed by atoms with van der Waals surface area (Å²) in [6.45, 7) is 1.95. The molecule has 0 heterocycles. The van der Waals surface area contributed by atoms with Crippen molar-refractivity contribution in [3.63, 3.8) is 0 Å². The van der Waals surface area contributed by atoms with Crippen LogP contribution in [-0.4, -0.2) is 32.8 Å². The van der Waals surface area contributed by atoms with Gasteiger partial charge < -0.3 is 14.3 Å². The summed E-state index contributed by atoms with van der Waals surface area (Å²) in [5.74, 6) is 0. The second kappa shape index (κ2) is 10.3. The molecule has 0 atom stereocenters. The molecule has 8 heteroatoms. The van der Waals surface area contributed by atoms with Gasteiger partial charge in [-0.05, 0) is 36.8 Å². The first-order valence-electron chi connectivity index (χ1n) is 8.02. The first kappa shape index (κ1) is 21.2. The predicted molar refractivity (Wildman–Crippen MR) is 109 cm³/mol. The molecule has 2 aromatic carbocycles. The molecule has 27 heavy (non-hydrogen) atoms. The summed E-state index contributed by atoms with van der Waals surface area (Å²) in [7, 11) is 2.79. The number of carbonyl (C=O) groups excluding carboxylic acids is 1. The average Bonchev–Trinajstić information content (AvgIpc) is 2.67. The number of benzene rings is 2. The number of halogens is 2. The number of carbonyl (C=O) groups is 1. The summed E-state index contributed by atoms with van der Waals surface area (Å²) in [4.78, 5) is 18.9. The fourth-order valence-electron chi connectivity index (χ4n) is 2.34. The molecule has 0 bridgehead atoms. The van der Waals surface area contributed by atoms with Crippen LogP contribution in [0.1, 0.15) is 18.1 Å². The minimum atomic E-state index is -0.560. The molecule has 2 rings (SSSR count). The fraction of sp³-hybridized carbons (Fsp3) is 0.263. The van der Waals surface area contributed by atoms with Gasteiger partial charge in [-0.3, -0.25) is 4.90 Å². The molecule has 1 amide bonds. The van der Waals surface area contributed by atoms with E-state index in [1.807, 2.05) is 31.2 Å². The quantitative estimate of drug-likeness (QED) is 0.326. The molecule has 2 aromatic rings. The Hall–Kier alpha value is -2.09. The van der Waals surface area contributed by atoms with E-state index in [1.54, 1.807) is 18.2 Å². The summed E-state index contributed by atoms with van der Waals surface area (Å²) < 4.78 is 10.9. The van der Waals surface area contributed by atoms with Crippen LogP contribution in [0.4, 0.5) is 10.5 Å². The monoisotopic (exact) mass is 454 g/mol. The molecule has 0 N–H and O–H groups in total. The molecular weight excluding hydrogens is 436 g/mol. The van der Waals surface area contributed by atoms with Crippen LogP contribution in [0.3, 0.4) is 0 Å². The Labute approximate surface area is 171 Å². The van der Waals surface area contributed by atoms with E-state index in [-0.39, 0.29) is 13.3 Å². The van der Waals surface area contributed by atoms with E-state index in [0.29, 0.717) is 16.3 Å². The molecule has 0 saturated carbocycles. The zero-order valence-electron chi connectivity index (χ0n) is 15.2. The number of amides is 1. The summed E-state index contributed by atoms with van der Waals surface area (Å²) in [6, 6.07) is 12.9. The van der Waals surface area contributed by atoms with Crippen LogP contribution >= 0.6 is 27.5 Å². The van der Waals surface area contributed by atoms with Gasteiger partial charge in [-0.25, -0.2) is 4.79 Å². The van der Waals surface area contributed by atoms with Crippen LogP contribution in [0.5, 0.6) is 0 Å². The molecule has 144 valence electrons. The zero-order chi connectivity index (χ0) is 19.8. The SMILES string of the molecule is COCN(C(=O)OC)c1cccc(Cl)c1CO/N=C(\C)c1ccc(Br)cc1. The number of anilines is 1. The van der Waals surface area contributed by atoms with Crippen molar-refractivity contribution < 1.29 is 19.1 Å². The van der Waals surface area contributed by atoms with Crippen molar-refractivity contribution >= 4 is 45.0 Å². The van der Waals surface area contributed by atoms with Gasteiger partial charge in [0, 0.05) is 22.2 Å². The van der Waals surface area contributed by atoms with Crippen molar-refractivity contribution in [1.82, 2.24) is 0 Å². The largest absolute Gasteiger partial charge is 0.452 e. The second-order valence-corrected chi connectivity index (χ2v) is 6.83. The lowest BCUT2D eigenvalue weighted by atomic mass is 10.1. The van der Waals surface area contributed by atoms with Crippen LogP contribution in [0.2, 0.25) is 5.02 Å². The highest BCUT2D eigenvalue weighted by Crippen LogP contribution is 2.29. The van der Waals surface area contributed by atoms with E-state index in [9.17, 15) is 4.79 Å². The van der Waals surface area contributed by atoms with Crippen LogP contribution in [0, 0.1) is 0 Å². The molecule has 0 aromatic heterocycles. The van der Waals surface area contributed by atoms with Crippen LogP contribution in [0.25, 0.3) is 0 Å². The number of nitrogens with zero attached hydrogens (tertiary/aromatic N) is 2. The van der Waals surface area contributed by atoms with Gasteiger partial charge in [0.05, 0.1) is 18.5 Å². The maximum Gasteiger partial charge on any atom is 0.415 e. The van der Waals surface area contributed by atoms with Gasteiger partial charge in [0.2, 0.25) is 0 Å². The van der Waals surface area contributed by atoms with E-state index >= 15 is 0 Å². The highest BCUT2D eigenvalue weighted by molar-refractivity contribution is 9.10. The number of methoxy groups -OCH3 is 2. The standard InChI is InChI=1S/C19H20BrClN2O4/c1-13(14-7-9-15(20)10-8-14)22-27-11-16-17(21)5-4-6-18(16)23(12-25-2)19(24)26-3/h4-10H,11-12H2,1-3H3/b22-13+. The zero-order valence-corrected chi connectivity index (χ0v) is 17.6. The molecule has 0 saturated heterocycles. The number of rotatable bonds is 7. The van der Waals surface area contributed by atoms with Gasteiger partial charge >= 0.3 is 6.09 Å². The Morgan fingerprint density at radius 2 is 1.89 bits per heavy atom. The number of oxime groups is 1. The maximum atomic E-state index is 12.1. The van der Waals surface area contributed by atoms with Crippen LogP contribution < -0.4 is 4.90 Å². The molecule has 0 aliphatic carbocycles. The normalized spacial score (nSPS) is 11.2. The van der Waals surface area contributed by atoms with Crippen molar-refractivity contribution in [2.45, 2.75) is 13.5 Å². The molecular formula is C19H20BrClN2O4. The highest BCUT2D eigenvalue weighted by Gasteiger charge is 2.21.